The molecule has 4 aliphatic carbocycles. The smallest absolute Gasteiger partial charge is 0.312 e. The Bertz CT molecular complexity index is 655. The second-order valence-electron chi connectivity index (χ2n) is 10.0. The van der Waals surface area contributed by atoms with Gasteiger partial charge < -0.3 is 4.74 Å². The topological polar surface area (TPSA) is 43.4 Å². The molecule has 0 aromatic heterocycles. The Morgan fingerprint density at radius 3 is 2.57 bits per heavy atom. The number of carbonyl (C=O) groups excluding carboxylic acids is 2. The number of ether oxygens (including phenoxy) is 1. The summed E-state index contributed by atoms with van der Waals surface area (Å²) >= 11 is 0. The molecule has 4 saturated carbocycles. The molecule has 5 fully saturated rings. The van der Waals surface area contributed by atoms with Crippen LogP contribution >= 0.6 is 0 Å². The van der Waals surface area contributed by atoms with E-state index in [-0.39, 0.29) is 28.3 Å². The maximum absolute atomic E-state index is 13.3. The zero-order valence-electron chi connectivity index (χ0n) is 14.8. The number of carbonyl (C=O) groups is 2. The van der Waals surface area contributed by atoms with Gasteiger partial charge in [-0.15, -0.1) is 0 Å². The predicted octanol–water partition coefficient (Wildman–Crippen LogP) is 3.89. The minimum atomic E-state index is -0.413. The van der Waals surface area contributed by atoms with E-state index < -0.39 is 5.41 Å². The van der Waals surface area contributed by atoms with Gasteiger partial charge in [-0.1, -0.05) is 27.2 Å². The van der Waals surface area contributed by atoms with E-state index in [2.05, 4.69) is 27.7 Å². The van der Waals surface area contributed by atoms with Crippen molar-refractivity contribution >= 4 is 11.8 Å². The van der Waals surface area contributed by atoms with Crippen molar-refractivity contribution in [1.29, 1.82) is 0 Å². The van der Waals surface area contributed by atoms with E-state index in [1.165, 1.54) is 0 Å². The zero-order valence-corrected chi connectivity index (χ0v) is 14.8. The third-order valence-electron chi connectivity index (χ3n) is 9.47. The van der Waals surface area contributed by atoms with Gasteiger partial charge in [-0.05, 0) is 50.4 Å². The molecule has 0 radical (unpaired) electrons. The molecule has 1 saturated heterocycles. The molecule has 1 spiro atoms. The molecular formula is C20H28O3. The normalized spacial score (nSPS) is 62.4. The van der Waals surface area contributed by atoms with E-state index in [0.717, 1.165) is 38.5 Å². The van der Waals surface area contributed by atoms with Crippen LogP contribution in [0.15, 0.2) is 0 Å². The van der Waals surface area contributed by atoms with Crippen LogP contribution < -0.4 is 0 Å². The third kappa shape index (κ3) is 1.15. The third-order valence-corrected chi connectivity index (χ3v) is 9.47. The summed E-state index contributed by atoms with van der Waals surface area (Å²) in [6, 6.07) is 0. The van der Waals surface area contributed by atoms with Gasteiger partial charge in [-0.3, -0.25) is 9.59 Å². The maximum atomic E-state index is 13.3. The van der Waals surface area contributed by atoms with Crippen LogP contribution in [0.1, 0.15) is 72.6 Å². The van der Waals surface area contributed by atoms with Gasteiger partial charge in [0.1, 0.15) is 11.4 Å². The molecule has 0 aromatic carbocycles. The largest absolute Gasteiger partial charge is 0.458 e. The number of rotatable bonds is 1. The summed E-state index contributed by atoms with van der Waals surface area (Å²) in [5.41, 5.74) is -0.738. The van der Waals surface area contributed by atoms with Crippen molar-refractivity contribution in [1.82, 2.24) is 0 Å². The van der Waals surface area contributed by atoms with Gasteiger partial charge in [0.05, 0.1) is 5.41 Å². The number of hydrogen-bond acceptors (Lipinski definition) is 3. The molecule has 0 N–H and O–H groups in total. The quantitative estimate of drug-likeness (QED) is 0.689. The molecule has 0 amide bonds. The summed E-state index contributed by atoms with van der Waals surface area (Å²) in [5.74, 6) is 0.993. The van der Waals surface area contributed by atoms with E-state index in [1.54, 1.807) is 0 Å². The Hall–Kier alpha value is -0.860. The Morgan fingerprint density at radius 2 is 1.87 bits per heavy atom. The Labute approximate surface area is 138 Å². The highest BCUT2D eigenvalue weighted by Gasteiger charge is 2.93. The highest BCUT2D eigenvalue weighted by Crippen LogP contribution is 2.90. The van der Waals surface area contributed by atoms with Crippen LogP contribution in [0.4, 0.5) is 0 Å². The minimum Gasteiger partial charge on any atom is -0.458 e. The molecular weight excluding hydrogens is 288 g/mol. The Morgan fingerprint density at radius 1 is 1.13 bits per heavy atom. The van der Waals surface area contributed by atoms with Gasteiger partial charge in [0.15, 0.2) is 0 Å². The lowest BCUT2D eigenvalue weighted by molar-refractivity contribution is -0.170. The van der Waals surface area contributed by atoms with Crippen molar-refractivity contribution in [3.05, 3.63) is 0 Å². The Balaban J connectivity index is 1.66. The molecule has 1 heterocycles. The number of ketones is 1. The van der Waals surface area contributed by atoms with Crippen molar-refractivity contribution in [2.24, 2.45) is 33.5 Å². The van der Waals surface area contributed by atoms with Crippen LogP contribution in [0, 0.1) is 33.5 Å². The van der Waals surface area contributed by atoms with Crippen molar-refractivity contribution in [2.45, 2.75) is 78.2 Å². The van der Waals surface area contributed by atoms with Gasteiger partial charge >= 0.3 is 5.97 Å². The van der Waals surface area contributed by atoms with Crippen LogP contribution in [0.5, 0.6) is 0 Å². The average Bonchev–Trinajstić information content (AvgIpc) is 2.81. The fraction of sp³-hybridized carbons (Fsp3) is 0.900. The number of Topliss-reactive ketones (excluding diaryl/α,β-unsaturated/α-hetero) is 1. The lowest BCUT2D eigenvalue weighted by atomic mass is 9.50. The molecule has 0 unspecified atom stereocenters. The summed E-state index contributed by atoms with van der Waals surface area (Å²) in [6.45, 7) is 8.95. The lowest BCUT2D eigenvalue weighted by Crippen LogP contribution is -2.57. The first-order valence-corrected chi connectivity index (χ1v) is 9.47. The van der Waals surface area contributed by atoms with Gasteiger partial charge in [0.25, 0.3) is 0 Å². The highest BCUT2D eigenvalue weighted by atomic mass is 16.6. The van der Waals surface area contributed by atoms with Crippen LogP contribution in [0.25, 0.3) is 0 Å². The molecule has 23 heavy (non-hydrogen) atoms. The Kier molecular flexibility index (Phi) is 2.24. The molecule has 5 rings (SSSR count). The van der Waals surface area contributed by atoms with Crippen molar-refractivity contribution < 1.29 is 14.3 Å². The monoisotopic (exact) mass is 316 g/mol. The molecule has 2 bridgehead atoms. The predicted molar refractivity (Wildman–Crippen MR) is 85.6 cm³/mol. The molecule has 126 valence electrons. The van der Waals surface area contributed by atoms with E-state index in [9.17, 15) is 9.59 Å². The van der Waals surface area contributed by atoms with Crippen molar-refractivity contribution in [3.63, 3.8) is 0 Å². The molecule has 5 aliphatic rings. The zero-order chi connectivity index (χ0) is 16.5. The molecule has 7 atom stereocenters. The first kappa shape index (κ1) is 14.5. The van der Waals surface area contributed by atoms with E-state index in [1.807, 2.05) is 0 Å². The fourth-order valence-electron chi connectivity index (χ4n) is 7.95. The number of esters is 1. The first-order valence-electron chi connectivity index (χ1n) is 9.47. The first-order chi connectivity index (χ1) is 10.7. The molecule has 3 heteroatoms. The van der Waals surface area contributed by atoms with E-state index >= 15 is 0 Å². The van der Waals surface area contributed by atoms with Crippen molar-refractivity contribution in [3.8, 4) is 0 Å². The minimum absolute atomic E-state index is 0.0192. The standard InChI is InChI=1S/C20H28O3/c1-5-16(2)10-13-18(4)19(13,11-16)14(21)9-12-17(3)7-6-8-20(12,18)23-15(17)22/h12-13H,5-11H2,1-4H3/t12-,13-,16+,17-,18+,19-,20+/m1/s1. The van der Waals surface area contributed by atoms with Crippen molar-refractivity contribution in [2.75, 3.05) is 0 Å². The maximum Gasteiger partial charge on any atom is 0.312 e. The molecule has 1 aliphatic heterocycles. The van der Waals surface area contributed by atoms with Crippen LogP contribution in [-0.4, -0.2) is 17.4 Å². The van der Waals surface area contributed by atoms with Gasteiger partial charge in [0, 0.05) is 23.2 Å². The van der Waals surface area contributed by atoms with Gasteiger partial charge in [0.2, 0.25) is 0 Å². The average molecular weight is 316 g/mol. The summed E-state index contributed by atoms with van der Waals surface area (Å²) in [7, 11) is 0. The van der Waals surface area contributed by atoms with Gasteiger partial charge in [-0.2, -0.15) is 0 Å². The lowest BCUT2D eigenvalue weighted by Gasteiger charge is -2.52. The van der Waals surface area contributed by atoms with E-state index in [4.69, 9.17) is 4.74 Å². The summed E-state index contributed by atoms with van der Waals surface area (Å²) in [4.78, 5) is 26.0. The van der Waals surface area contributed by atoms with Gasteiger partial charge in [-0.25, -0.2) is 0 Å². The second kappa shape index (κ2) is 3.55. The van der Waals surface area contributed by atoms with Crippen LogP contribution in [-0.2, 0) is 14.3 Å². The SMILES string of the molecule is CC[C@@]1(C)C[C@@H]2[C@]3(C)[C@@]45CCC[C@@](C)(C(=O)O4)[C@H]5CC(=O)[C@@]23C1. The van der Waals surface area contributed by atoms with Crippen LogP contribution in [0.3, 0.4) is 0 Å². The molecule has 3 nitrogen and oxygen atoms in total. The highest BCUT2D eigenvalue weighted by molar-refractivity contribution is 5.95. The van der Waals surface area contributed by atoms with E-state index in [0.29, 0.717) is 23.5 Å². The fourth-order valence-corrected chi connectivity index (χ4v) is 7.95. The number of fused-ring (bicyclic) bond motifs is 1. The summed E-state index contributed by atoms with van der Waals surface area (Å²) < 4.78 is 6.23. The second-order valence-corrected chi connectivity index (χ2v) is 10.0. The summed E-state index contributed by atoms with van der Waals surface area (Å²) in [5, 5.41) is 0. The molecule has 0 aromatic rings. The van der Waals surface area contributed by atoms with Crippen LogP contribution in [0.2, 0.25) is 0 Å². The summed E-state index contributed by atoms with van der Waals surface area (Å²) in [6.07, 6.45) is 6.80. The number of hydrogen-bond donors (Lipinski definition) is 0.